The van der Waals surface area contributed by atoms with Gasteiger partial charge in [-0.25, -0.2) is 0 Å². The normalized spacial score (nSPS) is 14.4. The zero-order valence-corrected chi connectivity index (χ0v) is 18.0. The molecule has 7 N–H and O–H groups in total. The van der Waals surface area contributed by atoms with Crippen LogP contribution in [0.25, 0.3) is 0 Å². The van der Waals surface area contributed by atoms with Crippen LogP contribution in [0.2, 0.25) is 0 Å². The first-order chi connectivity index (χ1) is 15.2. The molecule has 4 atom stereocenters. The molecule has 0 bridgehead atoms. The maximum absolute atomic E-state index is 12.4. The van der Waals surface area contributed by atoms with E-state index in [9.17, 15) is 29.1 Å². The highest BCUT2D eigenvalue weighted by molar-refractivity contribution is 7.99. The highest BCUT2D eigenvalue weighted by atomic mass is 32.2. The largest absolute Gasteiger partial charge is 0.480 e. The van der Waals surface area contributed by atoms with Crippen LogP contribution < -0.4 is 16.4 Å². The highest BCUT2D eigenvalue weighted by Crippen LogP contribution is 2.35. The Kier molecular flexibility index (Phi) is 12.0. The Morgan fingerprint density at radius 3 is 2.31 bits per heavy atom. The zero-order chi connectivity index (χ0) is 24.1. The number of aliphatic hydroxyl groups is 1. The first-order valence-electron chi connectivity index (χ1n) is 9.69. The number of thioether (sulfide) groups is 1. The first kappa shape index (κ1) is 27.1. The van der Waals surface area contributed by atoms with Crippen molar-refractivity contribution in [2.45, 2.75) is 30.2 Å². The van der Waals surface area contributed by atoms with Crippen molar-refractivity contribution in [2.24, 2.45) is 11.7 Å². The number of carbonyl (C=O) groups excluding carboxylic acids is 3. The number of carboxylic acids is 2. The van der Waals surface area contributed by atoms with E-state index in [0.29, 0.717) is 6.29 Å². The Labute approximate surface area is 188 Å². The van der Waals surface area contributed by atoms with E-state index in [1.54, 1.807) is 30.3 Å². The summed E-state index contributed by atoms with van der Waals surface area (Å²) in [6.45, 7) is -1.08. The van der Waals surface area contributed by atoms with Gasteiger partial charge in [0.05, 0.1) is 12.5 Å². The molecule has 0 saturated heterocycles. The molecule has 0 fully saturated rings. The maximum Gasteiger partial charge on any atom is 0.322 e. The van der Waals surface area contributed by atoms with E-state index in [2.05, 4.69) is 10.6 Å². The second-order valence-corrected chi connectivity index (χ2v) is 8.04. The second-order valence-electron chi connectivity index (χ2n) is 6.86. The molecule has 0 radical (unpaired) electrons. The molecule has 1 rings (SSSR count). The number of carbonyl (C=O) groups is 5. The SMILES string of the molecule is NC(CCC(=O)NC(CSC(c1ccccc1)C(C=O)CO)C(=O)NCC(=O)O)C(=O)O. The monoisotopic (exact) mass is 469 g/mol. The molecule has 176 valence electrons. The van der Waals surface area contributed by atoms with Crippen molar-refractivity contribution in [3.05, 3.63) is 35.9 Å². The van der Waals surface area contributed by atoms with Gasteiger partial charge in [-0.2, -0.15) is 11.8 Å². The summed E-state index contributed by atoms with van der Waals surface area (Å²) in [5.74, 6) is -4.73. The lowest BCUT2D eigenvalue weighted by Crippen LogP contribution is -2.49. The molecule has 0 aromatic heterocycles. The molecule has 2 amide bonds. The molecule has 0 spiro atoms. The van der Waals surface area contributed by atoms with Crippen LogP contribution in [0.4, 0.5) is 0 Å². The number of hydrogen-bond acceptors (Lipinski definition) is 8. The van der Waals surface area contributed by atoms with Crippen LogP contribution in [0, 0.1) is 5.92 Å². The Hall–Kier alpha value is -2.96. The Morgan fingerprint density at radius 2 is 1.78 bits per heavy atom. The van der Waals surface area contributed by atoms with Crippen molar-refractivity contribution in [1.82, 2.24) is 10.6 Å². The van der Waals surface area contributed by atoms with Crippen molar-refractivity contribution >= 4 is 41.8 Å². The molecule has 1 aromatic rings. The summed E-state index contributed by atoms with van der Waals surface area (Å²) < 4.78 is 0. The summed E-state index contributed by atoms with van der Waals surface area (Å²) in [4.78, 5) is 57.7. The third-order valence-corrected chi connectivity index (χ3v) is 5.92. The molecule has 1 aromatic carbocycles. The summed E-state index contributed by atoms with van der Waals surface area (Å²) in [6.07, 6.45) is 0.203. The Bertz CT molecular complexity index is 792. The van der Waals surface area contributed by atoms with Gasteiger partial charge in [0.25, 0.3) is 0 Å². The predicted molar refractivity (Wildman–Crippen MR) is 116 cm³/mol. The van der Waals surface area contributed by atoms with Gasteiger partial charge in [0.2, 0.25) is 11.8 Å². The number of aliphatic hydroxyl groups excluding tert-OH is 1. The fraction of sp³-hybridized carbons (Fsp3) is 0.450. The summed E-state index contributed by atoms with van der Waals surface area (Å²) in [5, 5.41) is 31.3. The van der Waals surface area contributed by atoms with Crippen molar-refractivity contribution < 1.29 is 39.3 Å². The van der Waals surface area contributed by atoms with Gasteiger partial charge >= 0.3 is 11.9 Å². The van der Waals surface area contributed by atoms with E-state index in [1.165, 1.54) is 0 Å². The van der Waals surface area contributed by atoms with Crippen LogP contribution in [0.3, 0.4) is 0 Å². The fourth-order valence-corrected chi connectivity index (χ4v) is 4.05. The van der Waals surface area contributed by atoms with E-state index in [1.807, 2.05) is 0 Å². The minimum absolute atomic E-state index is 0.0356. The first-order valence-corrected chi connectivity index (χ1v) is 10.7. The molecule has 12 heteroatoms. The number of nitrogens with one attached hydrogen (secondary N) is 2. The van der Waals surface area contributed by atoms with Crippen LogP contribution in [0.15, 0.2) is 30.3 Å². The smallest absolute Gasteiger partial charge is 0.322 e. The average Bonchev–Trinajstić information content (AvgIpc) is 2.78. The molecule has 11 nitrogen and oxygen atoms in total. The summed E-state index contributed by atoms with van der Waals surface area (Å²) >= 11 is 1.14. The number of hydrogen-bond donors (Lipinski definition) is 6. The van der Waals surface area contributed by atoms with Crippen LogP contribution in [-0.2, 0) is 24.0 Å². The van der Waals surface area contributed by atoms with Gasteiger partial charge < -0.3 is 36.5 Å². The summed E-state index contributed by atoms with van der Waals surface area (Å²) in [6, 6.07) is 6.41. The number of aliphatic carboxylic acids is 2. The van der Waals surface area contributed by atoms with Gasteiger partial charge in [0.1, 0.15) is 24.9 Å². The van der Waals surface area contributed by atoms with Crippen molar-refractivity contribution in [2.75, 3.05) is 18.9 Å². The van der Waals surface area contributed by atoms with Gasteiger partial charge in [-0.3, -0.25) is 19.2 Å². The lowest BCUT2D eigenvalue weighted by atomic mass is 10.0. The molecule has 32 heavy (non-hydrogen) atoms. The second kappa shape index (κ2) is 14.2. The lowest BCUT2D eigenvalue weighted by molar-refractivity contribution is -0.139. The van der Waals surface area contributed by atoms with Crippen molar-refractivity contribution in [3.63, 3.8) is 0 Å². The molecule has 0 aliphatic heterocycles. The lowest BCUT2D eigenvalue weighted by Gasteiger charge is -2.25. The summed E-state index contributed by atoms with van der Waals surface area (Å²) in [5.41, 5.74) is 6.11. The topological polar surface area (TPSA) is 196 Å². The van der Waals surface area contributed by atoms with Gasteiger partial charge in [-0.05, 0) is 12.0 Å². The van der Waals surface area contributed by atoms with Crippen molar-refractivity contribution in [3.8, 4) is 0 Å². The number of rotatable bonds is 15. The van der Waals surface area contributed by atoms with E-state index in [0.717, 1.165) is 17.3 Å². The van der Waals surface area contributed by atoms with Gasteiger partial charge in [-0.1, -0.05) is 30.3 Å². The molecule has 0 heterocycles. The maximum atomic E-state index is 12.4. The minimum atomic E-state index is -1.27. The Balaban J connectivity index is 2.93. The predicted octanol–water partition coefficient (Wildman–Crippen LogP) is -0.854. The van der Waals surface area contributed by atoms with Crippen LogP contribution in [0.1, 0.15) is 23.7 Å². The van der Waals surface area contributed by atoms with Crippen LogP contribution in [0.5, 0.6) is 0 Å². The number of amides is 2. The van der Waals surface area contributed by atoms with E-state index in [-0.39, 0.29) is 18.6 Å². The van der Waals surface area contributed by atoms with Gasteiger partial charge in [0, 0.05) is 17.4 Å². The fourth-order valence-electron chi connectivity index (χ4n) is 2.67. The molecule has 0 aliphatic carbocycles. The number of aldehydes is 1. The van der Waals surface area contributed by atoms with E-state index in [4.69, 9.17) is 15.9 Å². The minimum Gasteiger partial charge on any atom is -0.480 e. The van der Waals surface area contributed by atoms with Crippen LogP contribution in [-0.4, -0.2) is 76.3 Å². The number of carboxylic acid groups (broad SMARTS) is 2. The van der Waals surface area contributed by atoms with Gasteiger partial charge in [-0.15, -0.1) is 0 Å². The number of nitrogens with two attached hydrogens (primary N) is 1. The summed E-state index contributed by atoms with van der Waals surface area (Å²) in [7, 11) is 0. The molecular formula is C20H27N3O8S. The third-order valence-electron chi connectivity index (χ3n) is 4.41. The molecule has 4 unspecified atom stereocenters. The van der Waals surface area contributed by atoms with Gasteiger partial charge in [0.15, 0.2) is 0 Å². The van der Waals surface area contributed by atoms with Crippen molar-refractivity contribution in [1.29, 1.82) is 0 Å². The third kappa shape index (κ3) is 9.45. The molecule has 0 saturated carbocycles. The molecule has 0 aliphatic rings. The highest BCUT2D eigenvalue weighted by Gasteiger charge is 2.28. The number of benzene rings is 1. The Morgan fingerprint density at radius 1 is 1.12 bits per heavy atom. The van der Waals surface area contributed by atoms with E-state index >= 15 is 0 Å². The quantitative estimate of drug-likeness (QED) is 0.176. The average molecular weight is 470 g/mol. The molecular weight excluding hydrogens is 442 g/mol. The van der Waals surface area contributed by atoms with Crippen LogP contribution >= 0.6 is 11.8 Å². The van der Waals surface area contributed by atoms with E-state index < -0.39 is 60.2 Å². The standard InChI is InChI=1S/C20H27N3O8S/c21-14(20(30)31)6-7-16(26)23-15(19(29)22-8-17(27)28)11-32-18(13(9-24)10-25)12-4-2-1-3-5-12/h1-5,9,13-15,18,25H,6-8,10-11,21H2,(H,22,29)(H,23,26)(H,27,28)(H,30,31). The zero-order valence-electron chi connectivity index (χ0n) is 17.2.